The van der Waals surface area contributed by atoms with Crippen LogP contribution < -0.4 is 10.9 Å². The van der Waals surface area contributed by atoms with Crippen LogP contribution in [0.3, 0.4) is 0 Å². The summed E-state index contributed by atoms with van der Waals surface area (Å²) < 4.78 is 5.30. The van der Waals surface area contributed by atoms with E-state index in [-0.39, 0.29) is 18.0 Å². The number of fused-ring (bicyclic) bond motifs is 1. The number of aromatic nitrogens is 1. The Hall–Kier alpha value is -3.16. The molecule has 1 aromatic heterocycles. The average molecular weight is 401 g/mol. The minimum Gasteiger partial charge on any atom is -0.477 e. The Morgan fingerprint density at radius 1 is 1.21 bits per heavy atom. The summed E-state index contributed by atoms with van der Waals surface area (Å²) in [6, 6.07) is 13.4. The maximum Gasteiger partial charge on any atom is 0.341 e. The highest BCUT2D eigenvalue weighted by molar-refractivity contribution is 6.31. The number of amides is 1. The van der Waals surface area contributed by atoms with Crippen LogP contribution in [0.25, 0.3) is 10.9 Å². The molecule has 1 atom stereocenters. The molecule has 3 aromatic rings. The Labute approximate surface area is 164 Å². The molecule has 1 amide bonds. The van der Waals surface area contributed by atoms with Crippen molar-refractivity contribution in [1.82, 2.24) is 10.3 Å². The van der Waals surface area contributed by atoms with Crippen molar-refractivity contribution >= 4 is 34.4 Å². The summed E-state index contributed by atoms with van der Waals surface area (Å²) in [7, 11) is 1.44. The highest BCUT2D eigenvalue weighted by atomic mass is 35.5. The minimum absolute atomic E-state index is 0.0744. The van der Waals surface area contributed by atoms with Crippen LogP contribution in [0.5, 0.6) is 0 Å². The molecule has 0 bridgehead atoms. The zero-order valence-electron chi connectivity index (χ0n) is 14.9. The van der Waals surface area contributed by atoms with Crippen molar-refractivity contribution in [2.45, 2.75) is 12.6 Å². The Morgan fingerprint density at radius 3 is 2.57 bits per heavy atom. The maximum absolute atomic E-state index is 12.6. The summed E-state index contributed by atoms with van der Waals surface area (Å²) in [6.45, 7) is 0.0744. The van der Waals surface area contributed by atoms with Crippen LogP contribution >= 0.6 is 11.6 Å². The van der Waals surface area contributed by atoms with Gasteiger partial charge in [-0.1, -0.05) is 41.9 Å². The number of H-pyrrole nitrogens is 1. The lowest BCUT2D eigenvalue weighted by Crippen LogP contribution is -2.30. The van der Waals surface area contributed by atoms with Gasteiger partial charge in [0.25, 0.3) is 11.5 Å². The van der Waals surface area contributed by atoms with Gasteiger partial charge in [0, 0.05) is 24.1 Å². The van der Waals surface area contributed by atoms with Gasteiger partial charge in [-0.2, -0.15) is 0 Å². The van der Waals surface area contributed by atoms with Gasteiger partial charge in [-0.25, -0.2) is 4.79 Å². The number of benzene rings is 2. The highest BCUT2D eigenvalue weighted by Gasteiger charge is 2.20. The van der Waals surface area contributed by atoms with Crippen molar-refractivity contribution in [2.24, 2.45) is 0 Å². The maximum atomic E-state index is 12.6. The van der Waals surface area contributed by atoms with Gasteiger partial charge in [-0.3, -0.25) is 9.59 Å². The smallest absolute Gasteiger partial charge is 0.341 e. The number of aromatic carboxylic acids is 1. The molecule has 3 rings (SSSR count). The van der Waals surface area contributed by atoms with E-state index in [1.165, 1.54) is 13.2 Å². The lowest BCUT2D eigenvalue weighted by Gasteiger charge is -2.16. The highest BCUT2D eigenvalue weighted by Crippen LogP contribution is 2.23. The molecule has 0 spiro atoms. The molecule has 8 heteroatoms. The van der Waals surface area contributed by atoms with E-state index in [2.05, 4.69) is 10.3 Å². The Kier molecular flexibility index (Phi) is 5.77. The van der Waals surface area contributed by atoms with Crippen LogP contribution in [-0.2, 0) is 16.1 Å². The summed E-state index contributed by atoms with van der Waals surface area (Å²) in [6.07, 6.45) is -0.788. The fourth-order valence-electron chi connectivity index (χ4n) is 2.95. The molecular weight excluding hydrogens is 384 g/mol. The number of ether oxygens (including phenoxy) is 1. The summed E-state index contributed by atoms with van der Waals surface area (Å²) >= 11 is 6.12. The average Bonchev–Trinajstić information content (AvgIpc) is 2.67. The summed E-state index contributed by atoms with van der Waals surface area (Å²) in [5.41, 5.74) is 0.557. The minimum atomic E-state index is -1.33. The zero-order chi connectivity index (χ0) is 20.3. The van der Waals surface area contributed by atoms with E-state index in [1.807, 2.05) is 18.2 Å². The first-order chi connectivity index (χ1) is 13.4. The third kappa shape index (κ3) is 4.05. The van der Waals surface area contributed by atoms with E-state index in [0.717, 1.165) is 0 Å². The van der Waals surface area contributed by atoms with Crippen LogP contribution in [0.15, 0.2) is 53.3 Å². The lowest BCUT2D eigenvalue weighted by atomic mass is 10.1. The van der Waals surface area contributed by atoms with E-state index in [9.17, 15) is 14.4 Å². The molecule has 0 radical (unpaired) electrons. The molecule has 0 aliphatic heterocycles. The summed E-state index contributed by atoms with van der Waals surface area (Å²) in [5, 5.41) is 12.7. The number of carbonyl (C=O) groups excluding carboxylic acids is 1. The zero-order valence-corrected chi connectivity index (χ0v) is 15.6. The third-order valence-electron chi connectivity index (χ3n) is 4.26. The predicted molar refractivity (Wildman–Crippen MR) is 105 cm³/mol. The number of aromatic amines is 1. The van der Waals surface area contributed by atoms with Gasteiger partial charge in [0.05, 0.1) is 5.52 Å². The first-order valence-corrected chi connectivity index (χ1v) is 8.72. The van der Waals surface area contributed by atoms with Crippen molar-refractivity contribution in [3.8, 4) is 0 Å². The summed E-state index contributed by atoms with van der Waals surface area (Å²) in [5.74, 6) is -1.69. The molecule has 144 valence electrons. The summed E-state index contributed by atoms with van der Waals surface area (Å²) in [4.78, 5) is 38.3. The second-order valence-electron chi connectivity index (χ2n) is 6.09. The predicted octanol–water partition coefficient (Wildman–Crippen LogP) is 2.88. The van der Waals surface area contributed by atoms with Crippen molar-refractivity contribution < 1.29 is 19.4 Å². The number of carboxylic acids is 1. The second kappa shape index (κ2) is 8.24. The molecule has 1 heterocycles. The number of halogens is 1. The molecule has 0 saturated heterocycles. The number of rotatable bonds is 6. The Bertz CT molecular complexity index is 1090. The van der Waals surface area contributed by atoms with Crippen molar-refractivity contribution in [1.29, 1.82) is 0 Å². The van der Waals surface area contributed by atoms with E-state index in [0.29, 0.717) is 27.1 Å². The lowest BCUT2D eigenvalue weighted by molar-refractivity contribution is -0.131. The van der Waals surface area contributed by atoms with Gasteiger partial charge >= 0.3 is 5.97 Å². The van der Waals surface area contributed by atoms with Crippen molar-refractivity contribution in [2.75, 3.05) is 7.11 Å². The molecule has 0 fully saturated rings. The Balaban J connectivity index is 1.90. The van der Waals surface area contributed by atoms with E-state index in [4.69, 9.17) is 21.4 Å². The quantitative estimate of drug-likeness (QED) is 0.589. The molecule has 7 nitrogen and oxygen atoms in total. The third-order valence-corrected chi connectivity index (χ3v) is 4.48. The number of nitrogens with one attached hydrogen (secondary N) is 2. The van der Waals surface area contributed by atoms with Crippen LogP contribution in [0.1, 0.15) is 27.6 Å². The molecule has 3 N–H and O–H groups in total. The van der Waals surface area contributed by atoms with E-state index < -0.39 is 17.6 Å². The SMILES string of the molecule is CO[C@H](C(=O)NCc1cc(Cl)cc2cc(C(=O)O)c(=O)[nH]c12)c1ccccc1. The largest absolute Gasteiger partial charge is 0.477 e. The van der Waals surface area contributed by atoms with Gasteiger partial charge in [0.15, 0.2) is 6.10 Å². The molecule has 0 saturated carbocycles. The van der Waals surface area contributed by atoms with Crippen LogP contribution in [-0.4, -0.2) is 29.1 Å². The number of methoxy groups -OCH3 is 1. The fourth-order valence-corrected chi connectivity index (χ4v) is 3.20. The Morgan fingerprint density at radius 2 is 1.93 bits per heavy atom. The molecule has 2 aromatic carbocycles. The topological polar surface area (TPSA) is 108 Å². The number of carbonyl (C=O) groups is 2. The fraction of sp³-hybridized carbons (Fsp3) is 0.150. The van der Waals surface area contributed by atoms with Gasteiger partial charge in [-0.05, 0) is 29.3 Å². The van der Waals surface area contributed by atoms with Gasteiger partial charge in [0.1, 0.15) is 5.56 Å². The van der Waals surface area contributed by atoms with E-state index >= 15 is 0 Å². The molecule has 0 aliphatic rings. The van der Waals surface area contributed by atoms with Gasteiger partial charge in [-0.15, -0.1) is 0 Å². The van der Waals surface area contributed by atoms with Crippen molar-refractivity contribution in [3.63, 3.8) is 0 Å². The molecule has 0 unspecified atom stereocenters. The van der Waals surface area contributed by atoms with E-state index in [1.54, 1.807) is 24.3 Å². The number of hydrogen-bond donors (Lipinski definition) is 3. The van der Waals surface area contributed by atoms with Gasteiger partial charge < -0.3 is 20.1 Å². The van der Waals surface area contributed by atoms with Gasteiger partial charge in [0.2, 0.25) is 0 Å². The monoisotopic (exact) mass is 400 g/mol. The molecule has 28 heavy (non-hydrogen) atoms. The molecular formula is C20H17ClN2O5. The molecule has 0 aliphatic carbocycles. The first-order valence-electron chi connectivity index (χ1n) is 8.35. The first kappa shape index (κ1) is 19.6. The van der Waals surface area contributed by atoms with Crippen LogP contribution in [0, 0.1) is 0 Å². The van der Waals surface area contributed by atoms with Crippen LogP contribution in [0.2, 0.25) is 5.02 Å². The normalized spacial score (nSPS) is 11.9. The van der Waals surface area contributed by atoms with Crippen molar-refractivity contribution in [3.05, 3.63) is 80.6 Å². The number of carboxylic acid groups (broad SMARTS) is 1. The van der Waals surface area contributed by atoms with Crippen LogP contribution in [0.4, 0.5) is 0 Å². The second-order valence-corrected chi connectivity index (χ2v) is 6.53. The number of hydrogen-bond acceptors (Lipinski definition) is 4. The number of pyridine rings is 1. The standard InChI is InChI=1S/C20H17ClN2O5/c1-28-17(11-5-3-2-4-6-11)19(25)22-10-13-8-14(21)7-12-9-15(20(26)27)18(24)23-16(12)13/h2-9,17H,10H2,1H3,(H,22,25)(H,23,24)(H,26,27)/t17-/m0/s1.